The quantitative estimate of drug-likeness (QED) is 0.801. The van der Waals surface area contributed by atoms with E-state index in [1.807, 2.05) is 49.3 Å². The molecule has 0 aliphatic heterocycles. The van der Waals surface area contributed by atoms with Crippen LogP contribution in [0.1, 0.15) is 11.3 Å². The lowest BCUT2D eigenvalue weighted by Crippen LogP contribution is -2.37. The molecule has 0 saturated heterocycles. The summed E-state index contributed by atoms with van der Waals surface area (Å²) in [6.07, 6.45) is 5.10. The molecule has 0 saturated carbocycles. The SMILES string of the molecule is CN(C)/C=C/c1c(N=Cc2ccccc2)c(=O)n(C)c(=O)n1C. The molecule has 0 unspecified atom stereocenters. The topological polar surface area (TPSA) is 59.6 Å². The first-order chi connectivity index (χ1) is 10.9. The largest absolute Gasteiger partial charge is 0.383 e. The summed E-state index contributed by atoms with van der Waals surface area (Å²) in [6, 6.07) is 9.49. The van der Waals surface area contributed by atoms with Gasteiger partial charge in [-0.15, -0.1) is 0 Å². The summed E-state index contributed by atoms with van der Waals surface area (Å²) < 4.78 is 2.48. The zero-order valence-electron chi connectivity index (χ0n) is 13.7. The molecule has 1 aromatic carbocycles. The molecule has 0 atom stereocenters. The summed E-state index contributed by atoms with van der Waals surface area (Å²) in [4.78, 5) is 30.7. The van der Waals surface area contributed by atoms with Crippen molar-refractivity contribution in [3.05, 3.63) is 68.6 Å². The first-order valence-corrected chi connectivity index (χ1v) is 7.15. The van der Waals surface area contributed by atoms with Gasteiger partial charge in [-0.3, -0.25) is 13.9 Å². The number of aliphatic imine (C=N–C) groups is 1. The van der Waals surface area contributed by atoms with Crippen molar-refractivity contribution in [3.8, 4) is 0 Å². The van der Waals surface area contributed by atoms with E-state index in [2.05, 4.69) is 4.99 Å². The Morgan fingerprint density at radius 1 is 1.04 bits per heavy atom. The highest BCUT2D eigenvalue weighted by atomic mass is 16.2. The minimum atomic E-state index is -0.418. The lowest BCUT2D eigenvalue weighted by Gasteiger charge is -2.11. The van der Waals surface area contributed by atoms with E-state index in [-0.39, 0.29) is 11.4 Å². The third kappa shape index (κ3) is 3.66. The lowest BCUT2D eigenvalue weighted by atomic mass is 10.2. The Morgan fingerprint density at radius 2 is 1.70 bits per heavy atom. The van der Waals surface area contributed by atoms with Crippen LogP contribution in [0.15, 0.2) is 51.1 Å². The van der Waals surface area contributed by atoms with E-state index in [0.29, 0.717) is 5.69 Å². The Morgan fingerprint density at radius 3 is 2.30 bits per heavy atom. The Hall–Kier alpha value is -2.89. The molecule has 0 aliphatic carbocycles. The van der Waals surface area contributed by atoms with E-state index < -0.39 is 5.56 Å². The minimum Gasteiger partial charge on any atom is -0.383 e. The van der Waals surface area contributed by atoms with Crippen molar-refractivity contribution in [2.75, 3.05) is 14.1 Å². The van der Waals surface area contributed by atoms with Gasteiger partial charge < -0.3 is 4.90 Å². The molecular weight excluding hydrogens is 292 g/mol. The van der Waals surface area contributed by atoms with Gasteiger partial charge in [-0.1, -0.05) is 30.3 Å². The van der Waals surface area contributed by atoms with Crippen molar-refractivity contribution in [2.24, 2.45) is 19.1 Å². The van der Waals surface area contributed by atoms with Crippen LogP contribution < -0.4 is 11.2 Å². The number of aromatic nitrogens is 2. The standard InChI is InChI=1S/C17H20N4O2/c1-19(2)11-10-14-15(16(22)21(4)17(23)20(14)3)18-12-13-8-6-5-7-9-13/h5-12H,1-4H3/b11-10+,18-12?. The van der Waals surface area contributed by atoms with Crippen LogP contribution in [0.3, 0.4) is 0 Å². The third-order valence-electron chi connectivity index (χ3n) is 3.36. The normalized spacial score (nSPS) is 11.5. The van der Waals surface area contributed by atoms with E-state index in [1.165, 1.54) is 11.6 Å². The van der Waals surface area contributed by atoms with Crippen LogP contribution in [0, 0.1) is 0 Å². The summed E-state index contributed by atoms with van der Waals surface area (Å²) in [6.45, 7) is 0. The van der Waals surface area contributed by atoms with Gasteiger partial charge in [0, 0.05) is 40.6 Å². The van der Waals surface area contributed by atoms with Gasteiger partial charge in [0.15, 0.2) is 5.69 Å². The van der Waals surface area contributed by atoms with Gasteiger partial charge >= 0.3 is 5.69 Å². The summed E-state index contributed by atoms with van der Waals surface area (Å²) in [5.74, 6) is 0. The van der Waals surface area contributed by atoms with Gasteiger partial charge in [0.05, 0.1) is 5.69 Å². The van der Waals surface area contributed by atoms with E-state index in [0.717, 1.165) is 10.1 Å². The molecular formula is C17H20N4O2. The molecule has 0 radical (unpaired) electrons. The minimum absolute atomic E-state index is 0.233. The second-order valence-corrected chi connectivity index (χ2v) is 5.39. The van der Waals surface area contributed by atoms with Crippen molar-refractivity contribution in [3.63, 3.8) is 0 Å². The van der Waals surface area contributed by atoms with E-state index in [9.17, 15) is 9.59 Å². The van der Waals surface area contributed by atoms with Crippen molar-refractivity contribution in [2.45, 2.75) is 0 Å². The van der Waals surface area contributed by atoms with Gasteiger partial charge in [0.1, 0.15) is 0 Å². The Bertz CT molecular complexity index is 859. The zero-order chi connectivity index (χ0) is 17.0. The Labute approximate surface area is 134 Å². The molecule has 23 heavy (non-hydrogen) atoms. The van der Waals surface area contributed by atoms with Gasteiger partial charge in [0.25, 0.3) is 5.56 Å². The molecule has 0 spiro atoms. The van der Waals surface area contributed by atoms with Crippen LogP contribution >= 0.6 is 0 Å². The highest BCUT2D eigenvalue weighted by Crippen LogP contribution is 2.14. The number of hydrogen-bond acceptors (Lipinski definition) is 4. The third-order valence-corrected chi connectivity index (χ3v) is 3.36. The molecule has 0 amide bonds. The first-order valence-electron chi connectivity index (χ1n) is 7.15. The van der Waals surface area contributed by atoms with Gasteiger partial charge in [-0.25, -0.2) is 9.79 Å². The predicted molar refractivity (Wildman–Crippen MR) is 93.3 cm³/mol. The van der Waals surface area contributed by atoms with Gasteiger partial charge in [0.2, 0.25) is 0 Å². The summed E-state index contributed by atoms with van der Waals surface area (Å²) in [5, 5.41) is 0. The number of benzene rings is 1. The van der Waals surface area contributed by atoms with Crippen molar-refractivity contribution in [1.29, 1.82) is 0 Å². The van der Waals surface area contributed by atoms with E-state index in [4.69, 9.17) is 0 Å². The van der Waals surface area contributed by atoms with Crippen LogP contribution in [0.25, 0.3) is 6.08 Å². The Kier molecular flexibility index (Phi) is 4.95. The molecule has 1 aromatic heterocycles. The molecule has 0 fully saturated rings. The van der Waals surface area contributed by atoms with Crippen LogP contribution in [0.5, 0.6) is 0 Å². The molecule has 0 bridgehead atoms. The lowest BCUT2D eigenvalue weighted by molar-refractivity contribution is 0.566. The molecule has 6 nitrogen and oxygen atoms in total. The maximum absolute atomic E-state index is 12.4. The fourth-order valence-electron chi connectivity index (χ4n) is 2.05. The monoisotopic (exact) mass is 312 g/mol. The summed E-state index contributed by atoms with van der Waals surface area (Å²) in [7, 11) is 6.80. The second-order valence-electron chi connectivity index (χ2n) is 5.39. The fourth-order valence-corrected chi connectivity index (χ4v) is 2.05. The molecule has 2 aromatic rings. The average molecular weight is 312 g/mol. The van der Waals surface area contributed by atoms with Crippen molar-refractivity contribution >= 4 is 18.0 Å². The molecule has 0 N–H and O–H groups in total. The molecule has 120 valence electrons. The zero-order valence-corrected chi connectivity index (χ0v) is 13.7. The van der Waals surface area contributed by atoms with Crippen molar-refractivity contribution in [1.82, 2.24) is 14.0 Å². The second kappa shape index (κ2) is 6.91. The summed E-state index contributed by atoms with van der Waals surface area (Å²) in [5.41, 5.74) is 0.784. The molecule has 2 rings (SSSR count). The van der Waals surface area contributed by atoms with Crippen LogP contribution in [-0.4, -0.2) is 34.3 Å². The van der Waals surface area contributed by atoms with Gasteiger partial charge in [-0.2, -0.15) is 0 Å². The highest BCUT2D eigenvalue weighted by molar-refractivity contribution is 5.82. The van der Waals surface area contributed by atoms with Crippen LogP contribution in [0.4, 0.5) is 5.69 Å². The van der Waals surface area contributed by atoms with E-state index in [1.54, 1.807) is 25.5 Å². The summed E-state index contributed by atoms with van der Waals surface area (Å²) >= 11 is 0. The number of rotatable bonds is 4. The maximum atomic E-state index is 12.4. The highest BCUT2D eigenvalue weighted by Gasteiger charge is 2.12. The van der Waals surface area contributed by atoms with Crippen molar-refractivity contribution < 1.29 is 0 Å². The fraction of sp³-hybridized carbons (Fsp3) is 0.235. The van der Waals surface area contributed by atoms with Gasteiger partial charge in [-0.05, 0) is 11.6 Å². The average Bonchev–Trinajstić information content (AvgIpc) is 2.54. The predicted octanol–water partition coefficient (Wildman–Crippen LogP) is 1.37. The van der Waals surface area contributed by atoms with Crippen LogP contribution in [-0.2, 0) is 14.1 Å². The molecule has 0 aliphatic rings. The maximum Gasteiger partial charge on any atom is 0.331 e. The van der Waals surface area contributed by atoms with E-state index >= 15 is 0 Å². The molecule has 1 heterocycles. The Balaban J connectivity index is 2.63. The smallest absolute Gasteiger partial charge is 0.331 e. The van der Waals surface area contributed by atoms with Crippen LogP contribution in [0.2, 0.25) is 0 Å². The number of hydrogen-bond donors (Lipinski definition) is 0. The number of nitrogens with zero attached hydrogens (tertiary/aromatic N) is 4. The molecule has 6 heteroatoms. The first kappa shape index (κ1) is 16.5.